The molecule has 0 bridgehead atoms. The molecule has 0 spiro atoms. The van der Waals surface area contributed by atoms with E-state index in [9.17, 15) is 13.2 Å². The molecular formula is C13H9F3N2OS. The summed E-state index contributed by atoms with van der Waals surface area (Å²) in [5.74, 6) is 1.23. The van der Waals surface area contributed by atoms with Gasteiger partial charge in [0.15, 0.2) is 0 Å². The first-order chi connectivity index (χ1) is 9.47. The predicted octanol–water partition coefficient (Wildman–Crippen LogP) is 4.32. The summed E-state index contributed by atoms with van der Waals surface area (Å²) in [6.45, 7) is 0. The molecule has 0 radical (unpaired) electrons. The van der Waals surface area contributed by atoms with Crippen LogP contribution in [0.3, 0.4) is 0 Å². The number of methoxy groups -OCH3 is 1. The van der Waals surface area contributed by atoms with Crippen LogP contribution in [-0.2, 0) is 6.18 Å². The van der Waals surface area contributed by atoms with Crippen LogP contribution in [0.15, 0.2) is 29.6 Å². The number of rotatable bonds is 2. The van der Waals surface area contributed by atoms with E-state index in [0.717, 1.165) is 17.0 Å². The van der Waals surface area contributed by atoms with Gasteiger partial charge < -0.3 is 9.72 Å². The minimum absolute atomic E-state index is 0.363. The van der Waals surface area contributed by atoms with Gasteiger partial charge in [-0.25, -0.2) is 4.98 Å². The number of fused-ring (bicyclic) bond motifs is 1. The van der Waals surface area contributed by atoms with Gasteiger partial charge in [-0.2, -0.15) is 13.2 Å². The van der Waals surface area contributed by atoms with Crippen molar-refractivity contribution in [1.82, 2.24) is 9.97 Å². The van der Waals surface area contributed by atoms with Gasteiger partial charge in [0.1, 0.15) is 11.6 Å². The van der Waals surface area contributed by atoms with E-state index in [2.05, 4.69) is 9.97 Å². The normalized spacial score (nSPS) is 12.0. The largest absolute Gasteiger partial charge is 0.496 e. The van der Waals surface area contributed by atoms with Crippen molar-refractivity contribution in [2.24, 2.45) is 0 Å². The lowest BCUT2D eigenvalue weighted by Crippen LogP contribution is -2.04. The molecule has 104 valence electrons. The monoisotopic (exact) mass is 298 g/mol. The number of hydrogen-bond donors (Lipinski definition) is 1. The Hall–Kier alpha value is -2.02. The molecule has 0 aliphatic heterocycles. The molecule has 7 heteroatoms. The summed E-state index contributed by atoms with van der Waals surface area (Å²) in [4.78, 5) is 8.00. The molecular weight excluding hydrogens is 289 g/mol. The maximum absolute atomic E-state index is 12.6. The molecule has 0 atom stereocenters. The molecule has 0 saturated carbocycles. The van der Waals surface area contributed by atoms with Gasteiger partial charge in [0, 0.05) is 11.4 Å². The average molecular weight is 298 g/mol. The first-order valence-electron chi connectivity index (χ1n) is 5.67. The van der Waals surface area contributed by atoms with Crippen LogP contribution in [0.5, 0.6) is 5.75 Å². The Labute approximate surface area is 116 Å². The Bertz CT molecular complexity index is 760. The van der Waals surface area contributed by atoms with Crippen LogP contribution in [0, 0.1) is 0 Å². The van der Waals surface area contributed by atoms with Gasteiger partial charge in [-0.05, 0) is 18.2 Å². The summed E-state index contributed by atoms with van der Waals surface area (Å²) < 4.78 is 43.0. The minimum atomic E-state index is -4.36. The fourth-order valence-electron chi connectivity index (χ4n) is 1.85. The van der Waals surface area contributed by atoms with Crippen molar-refractivity contribution in [1.29, 1.82) is 0 Å². The third-order valence-corrected chi connectivity index (χ3v) is 3.77. The van der Waals surface area contributed by atoms with Crippen molar-refractivity contribution in [2.75, 3.05) is 7.11 Å². The third-order valence-electron chi connectivity index (χ3n) is 2.85. The van der Waals surface area contributed by atoms with Gasteiger partial charge in [-0.3, -0.25) is 0 Å². The smallest absolute Gasteiger partial charge is 0.416 e. The first-order valence-corrected chi connectivity index (χ1v) is 6.55. The quantitative estimate of drug-likeness (QED) is 0.765. The summed E-state index contributed by atoms with van der Waals surface area (Å²) in [7, 11) is 1.56. The fraction of sp³-hybridized carbons (Fsp3) is 0.154. The predicted molar refractivity (Wildman–Crippen MR) is 71.0 cm³/mol. The zero-order chi connectivity index (χ0) is 14.3. The first kappa shape index (κ1) is 13.0. The molecule has 3 nitrogen and oxygen atoms in total. The summed E-state index contributed by atoms with van der Waals surface area (Å²) >= 11 is 1.41. The second kappa shape index (κ2) is 4.52. The number of ether oxygens (including phenoxy) is 1. The van der Waals surface area contributed by atoms with Gasteiger partial charge >= 0.3 is 6.18 Å². The maximum atomic E-state index is 12.6. The lowest BCUT2D eigenvalue weighted by Gasteiger charge is -2.05. The summed E-state index contributed by atoms with van der Waals surface area (Å²) in [5, 5.41) is 1.81. The van der Waals surface area contributed by atoms with E-state index in [1.165, 1.54) is 17.4 Å². The zero-order valence-corrected chi connectivity index (χ0v) is 11.1. The number of H-pyrrole nitrogens is 1. The highest BCUT2D eigenvalue weighted by Gasteiger charge is 2.30. The molecule has 1 aromatic carbocycles. The van der Waals surface area contributed by atoms with E-state index in [1.807, 2.05) is 5.38 Å². The van der Waals surface area contributed by atoms with Crippen LogP contribution in [0.25, 0.3) is 21.7 Å². The van der Waals surface area contributed by atoms with E-state index in [-0.39, 0.29) is 0 Å². The summed E-state index contributed by atoms with van der Waals surface area (Å²) in [6, 6.07) is 5.24. The number of hydrogen-bond acceptors (Lipinski definition) is 3. The van der Waals surface area contributed by atoms with Gasteiger partial charge in [0.05, 0.1) is 28.6 Å². The van der Waals surface area contributed by atoms with Crippen LogP contribution in [0.1, 0.15) is 5.56 Å². The van der Waals surface area contributed by atoms with Gasteiger partial charge in [-0.1, -0.05) is 0 Å². The number of aromatic nitrogens is 2. The third kappa shape index (κ3) is 2.24. The van der Waals surface area contributed by atoms with Crippen LogP contribution in [0.4, 0.5) is 13.2 Å². The van der Waals surface area contributed by atoms with Crippen molar-refractivity contribution in [3.05, 3.63) is 35.2 Å². The maximum Gasteiger partial charge on any atom is 0.416 e. The average Bonchev–Trinajstić information content (AvgIpc) is 3.02. The van der Waals surface area contributed by atoms with Crippen molar-refractivity contribution in [3.63, 3.8) is 0 Å². The number of imidazole rings is 1. The van der Waals surface area contributed by atoms with Crippen molar-refractivity contribution in [3.8, 4) is 16.5 Å². The molecule has 1 N–H and O–H groups in total. The number of alkyl halides is 3. The number of aromatic amines is 1. The van der Waals surface area contributed by atoms with Crippen LogP contribution in [-0.4, -0.2) is 17.1 Å². The number of nitrogens with one attached hydrogen (secondary N) is 1. The lowest BCUT2D eigenvalue weighted by atomic mass is 10.2. The second-order valence-electron chi connectivity index (χ2n) is 4.17. The summed E-state index contributed by atoms with van der Waals surface area (Å²) in [5.41, 5.74) is 0.173. The van der Waals surface area contributed by atoms with Crippen LogP contribution >= 0.6 is 11.3 Å². The lowest BCUT2D eigenvalue weighted by molar-refractivity contribution is -0.137. The molecule has 0 fully saturated rings. The highest BCUT2D eigenvalue weighted by Crippen LogP contribution is 2.33. The van der Waals surface area contributed by atoms with Gasteiger partial charge in [0.25, 0.3) is 0 Å². The zero-order valence-electron chi connectivity index (χ0n) is 10.3. The molecule has 0 aliphatic rings. The molecule has 0 amide bonds. The Morgan fingerprint density at radius 3 is 2.70 bits per heavy atom. The number of benzene rings is 1. The highest BCUT2D eigenvalue weighted by atomic mass is 32.1. The molecule has 0 unspecified atom stereocenters. The topological polar surface area (TPSA) is 37.9 Å². The molecule has 3 aromatic rings. The minimum Gasteiger partial charge on any atom is -0.496 e. The fourth-order valence-corrected chi connectivity index (χ4v) is 2.65. The second-order valence-corrected chi connectivity index (χ2v) is 5.08. The van der Waals surface area contributed by atoms with E-state index < -0.39 is 11.7 Å². The standard InChI is InChI=1S/C13H9F3N2OS/c1-19-8-5-11(20-6-8)12-17-9-3-2-7(13(14,15)16)4-10(9)18-12/h2-6H,1H3,(H,17,18). The Balaban J connectivity index is 2.06. The van der Waals surface area contributed by atoms with Gasteiger partial charge in [-0.15, -0.1) is 11.3 Å². The molecule has 0 saturated heterocycles. The number of nitrogens with zero attached hydrogens (tertiary/aromatic N) is 1. The SMILES string of the molecule is COc1csc(-c2nc3ccc(C(F)(F)F)cc3[nH]2)c1. The molecule has 3 rings (SSSR count). The van der Waals surface area contributed by atoms with E-state index in [1.54, 1.807) is 13.2 Å². The van der Waals surface area contributed by atoms with Crippen molar-refractivity contribution < 1.29 is 17.9 Å². The highest BCUT2D eigenvalue weighted by molar-refractivity contribution is 7.13. The Morgan fingerprint density at radius 2 is 2.05 bits per heavy atom. The van der Waals surface area contributed by atoms with Crippen LogP contribution in [0.2, 0.25) is 0 Å². The van der Waals surface area contributed by atoms with E-state index in [0.29, 0.717) is 22.6 Å². The number of halogens is 3. The Morgan fingerprint density at radius 1 is 1.25 bits per heavy atom. The molecule has 2 heterocycles. The van der Waals surface area contributed by atoms with E-state index >= 15 is 0 Å². The molecule has 20 heavy (non-hydrogen) atoms. The number of thiophene rings is 1. The van der Waals surface area contributed by atoms with Crippen molar-refractivity contribution in [2.45, 2.75) is 6.18 Å². The Kier molecular flexibility index (Phi) is 2.93. The molecule has 0 aliphatic carbocycles. The van der Waals surface area contributed by atoms with Crippen molar-refractivity contribution >= 4 is 22.4 Å². The molecule has 2 aromatic heterocycles. The van der Waals surface area contributed by atoms with E-state index in [4.69, 9.17) is 4.74 Å². The van der Waals surface area contributed by atoms with Crippen LogP contribution < -0.4 is 4.74 Å². The summed E-state index contributed by atoms with van der Waals surface area (Å²) in [6.07, 6.45) is -4.36. The van der Waals surface area contributed by atoms with Gasteiger partial charge in [0.2, 0.25) is 0 Å².